The molecule has 1 aromatic carbocycles. The van der Waals surface area contributed by atoms with Gasteiger partial charge in [0.05, 0.1) is 6.61 Å². The van der Waals surface area contributed by atoms with Gasteiger partial charge in [-0.1, -0.05) is 25.8 Å². The number of rotatable bonds is 19. The zero-order chi connectivity index (χ0) is 25.2. The first-order valence-electron chi connectivity index (χ1n) is 12.2. The highest BCUT2D eigenvalue weighted by molar-refractivity contribution is 6.60. The molecule has 0 unspecified atom stereocenters. The van der Waals surface area contributed by atoms with Gasteiger partial charge in [-0.05, 0) is 63.8 Å². The number of carboxylic acid groups (broad SMARTS) is 1. The number of hydrogen-bond donors (Lipinski definition) is 1. The number of benzene rings is 1. The molecule has 0 spiro atoms. The van der Waals surface area contributed by atoms with Crippen LogP contribution < -0.4 is 9.47 Å². The lowest BCUT2D eigenvalue weighted by atomic mass is 10.2. The first-order valence-corrected chi connectivity index (χ1v) is 14.1. The number of carbonyl (C=O) groups excluding carboxylic acids is 1. The van der Waals surface area contributed by atoms with Gasteiger partial charge in [0.2, 0.25) is 0 Å². The van der Waals surface area contributed by atoms with Crippen LogP contribution in [0.2, 0.25) is 6.04 Å². The van der Waals surface area contributed by atoms with Crippen LogP contribution in [0.25, 0.3) is 6.08 Å². The SMILES string of the molecule is CCCCOc1cc(/C=C/C(=O)O)ccc1OC(=O)CCCCC[Si](OCC)(OCC)OCC. The summed E-state index contributed by atoms with van der Waals surface area (Å²) in [6, 6.07) is 5.72. The maximum atomic E-state index is 12.4. The first kappa shape index (κ1) is 29.8. The summed E-state index contributed by atoms with van der Waals surface area (Å²) < 4.78 is 28.9. The normalized spacial score (nSPS) is 11.6. The van der Waals surface area contributed by atoms with E-state index in [1.807, 2.05) is 20.8 Å². The summed E-state index contributed by atoms with van der Waals surface area (Å²) in [6.07, 6.45) is 6.98. The molecular formula is C25H40O8Si. The van der Waals surface area contributed by atoms with Crippen LogP contribution in [0, 0.1) is 0 Å². The Bertz CT molecular complexity index is 748. The Balaban J connectivity index is 2.63. The quantitative estimate of drug-likeness (QED) is 0.0884. The molecule has 34 heavy (non-hydrogen) atoms. The predicted molar refractivity (Wildman–Crippen MR) is 133 cm³/mol. The fraction of sp³-hybridized carbons (Fsp3) is 0.600. The summed E-state index contributed by atoms with van der Waals surface area (Å²) in [6.45, 7) is 9.99. The van der Waals surface area contributed by atoms with Crippen molar-refractivity contribution >= 4 is 26.8 Å². The number of ether oxygens (including phenoxy) is 2. The summed E-state index contributed by atoms with van der Waals surface area (Å²) in [5.74, 6) is -0.607. The Kier molecular flexibility index (Phi) is 15.1. The van der Waals surface area contributed by atoms with Gasteiger partial charge in [-0.15, -0.1) is 0 Å². The van der Waals surface area contributed by atoms with Crippen LogP contribution in [0.3, 0.4) is 0 Å². The Morgan fingerprint density at radius 1 is 0.912 bits per heavy atom. The first-order chi connectivity index (χ1) is 16.4. The molecule has 1 aromatic rings. The van der Waals surface area contributed by atoms with Crippen molar-refractivity contribution in [2.45, 2.75) is 72.3 Å². The number of carboxylic acids is 1. The zero-order valence-corrected chi connectivity index (χ0v) is 22.0. The third-order valence-corrected chi connectivity index (χ3v) is 7.97. The van der Waals surface area contributed by atoms with Crippen molar-refractivity contribution in [2.75, 3.05) is 26.4 Å². The third-order valence-electron chi connectivity index (χ3n) is 4.82. The second-order valence-corrected chi connectivity index (χ2v) is 10.3. The van der Waals surface area contributed by atoms with Crippen molar-refractivity contribution in [3.8, 4) is 11.5 Å². The maximum Gasteiger partial charge on any atom is 0.500 e. The molecule has 1 N–H and O–H groups in total. The van der Waals surface area contributed by atoms with Crippen molar-refractivity contribution in [1.29, 1.82) is 0 Å². The van der Waals surface area contributed by atoms with Crippen molar-refractivity contribution in [1.82, 2.24) is 0 Å². The van der Waals surface area contributed by atoms with Gasteiger partial charge < -0.3 is 27.9 Å². The Morgan fingerprint density at radius 2 is 1.59 bits per heavy atom. The second kappa shape index (κ2) is 17.3. The molecule has 0 bridgehead atoms. The van der Waals surface area contributed by atoms with E-state index < -0.39 is 14.8 Å². The smallest absolute Gasteiger partial charge is 0.490 e. The number of carbonyl (C=O) groups is 2. The lowest BCUT2D eigenvalue weighted by Gasteiger charge is -2.28. The van der Waals surface area contributed by atoms with E-state index in [1.165, 1.54) is 6.08 Å². The van der Waals surface area contributed by atoms with E-state index in [4.69, 9.17) is 27.9 Å². The summed E-state index contributed by atoms with van der Waals surface area (Å²) in [4.78, 5) is 23.2. The van der Waals surface area contributed by atoms with Crippen LogP contribution in [0.1, 0.15) is 71.8 Å². The largest absolute Gasteiger partial charge is 0.500 e. The number of aliphatic carboxylic acids is 1. The van der Waals surface area contributed by atoms with E-state index in [9.17, 15) is 9.59 Å². The standard InChI is InChI=1S/C25H40O8Si/c1-5-9-18-29-23-20-21(15-17-24(26)27)14-16-22(23)33-25(28)13-11-10-12-19-34(30-6-2,31-7-3)32-8-4/h14-17,20H,5-13,18-19H2,1-4H3,(H,26,27)/b17-15+. The fourth-order valence-corrected chi connectivity index (χ4v) is 5.97. The van der Waals surface area contributed by atoms with Crippen molar-refractivity contribution in [3.05, 3.63) is 29.8 Å². The summed E-state index contributed by atoms with van der Waals surface area (Å²) >= 11 is 0. The van der Waals surface area contributed by atoms with Crippen molar-refractivity contribution in [2.24, 2.45) is 0 Å². The van der Waals surface area contributed by atoms with Crippen molar-refractivity contribution < 1.29 is 37.4 Å². The van der Waals surface area contributed by atoms with Gasteiger partial charge >= 0.3 is 20.7 Å². The highest BCUT2D eigenvalue weighted by Crippen LogP contribution is 2.30. The van der Waals surface area contributed by atoms with Gasteiger partial charge in [-0.2, -0.15) is 0 Å². The Hall–Kier alpha value is -2.20. The maximum absolute atomic E-state index is 12.4. The summed E-state index contributed by atoms with van der Waals surface area (Å²) in [5, 5.41) is 8.83. The van der Waals surface area contributed by atoms with Crippen molar-refractivity contribution in [3.63, 3.8) is 0 Å². The van der Waals surface area contributed by atoms with Crippen LogP contribution in [-0.4, -0.2) is 52.3 Å². The van der Waals surface area contributed by atoms with E-state index in [0.717, 1.165) is 37.8 Å². The minimum atomic E-state index is -2.65. The van der Waals surface area contributed by atoms with Crippen LogP contribution in [0.5, 0.6) is 11.5 Å². The van der Waals surface area contributed by atoms with Crippen LogP contribution in [0.4, 0.5) is 0 Å². The molecular weight excluding hydrogens is 456 g/mol. The molecule has 9 heteroatoms. The molecule has 0 amide bonds. The highest BCUT2D eigenvalue weighted by atomic mass is 28.4. The third kappa shape index (κ3) is 11.8. The second-order valence-electron chi connectivity index (χ2n) is 7.60. The monoisotopic (exact) mass is 496 g/mol. The molecule has 0 atom stereocenters. The van der Waals surface area contributed by atoms with Gasteiger partial charge in [0.1, 0.15) is 0 Å². The molecule has 0 radical (unpaired) electrons. The summed E-state index contributed by atoms with van der Waals surface area (Å²) in [5.41, 5.74) is 0.652. The minimum Gasteiger partial charge on any atom is -0.490 e. The molecule has 8 nitrogen and oxygen atoms in total. The average molecular weight is 497 g/mol. The molecule has 0 saturated carbocycles. The van der Waals surface area contributed by atoms with E-state index >= 15 is 0 Å². The number of esters is 1. The highest BCUT2D eigenvalue weighted by Gasteiger charge is 2.39. The lowest BCUT2D eigenvalue weighted by molar-refractivity contribution is -0.134. The molecule has 0 aliphatic carbocycles. The number of hydrogen-bond acceptors (Lipinski definition) is 7. The zero-order valence-electron chi connectivity index (χ0n) is 21.0. The summed E-state index contributed by atoms with van der Waals surface area (Å²) in [7, 11) is -2.65. The van der Waals surface area contributed by atoms with E-state index in [1.54, 1.807) is 18.2 Å². The number of unbranched alkanes of at least 4 members (excludes halogenated alkanes) is 3. The lowest BCUT2D eigenvalue weighted by Crippen LogP contribution is -2.45. The fourth-order valence-electron chi connectivity index (χ4n) is 3.28. The van der Waals surface area contributed by atoms with Crippen LogP contribution in [0.15, 0.2) is 24.3 Å². The molecule has 192 valence electrons. The van der Waals surface area contributed by atoms with E-state index in [0.29, 0.717) is 49.9 Å². The molecule has 1 rings (SSSR count). The van der Waals surface area contributed by atoms with Crippen LogP contribution >= 0.6 is 0 Å². The Morgan fingerprint density at radius 3 is 2.18 bits per heavy atom. The predicted octanol–water partition coefficient (Wildman–Crippen LogP) is 5.48. The van der Waals surface area contributed by atoms with Gasteiger partial charge in [-0.25, -0.2) is 4.79 Å². The molecule has 0 saturated heterocycles. The van der Waals surface area contributed by atoms with Gasteiger partial charge in [-0.3, -0.25) is 4.79 Å². The van der Waals surface area contributed by atoms with Gasteiger partial charge in [0, 0.05) is 38.4 Å². The molecule has 0 heterocycles. The average Bonchev–Trinajstić information content (AvgIpc) is 2.79. The molecule has 0 aliphatic rings. The van der Waals surface area contributed by atoms with E-state index in [-0.39, 0.29) is 12.4 Å². The molecule has 0 aromatic heterocycles. The molecule has 0 fully saturated rings. The van der Waals surface area contributed by atoms with E-state index in [2.05, 4.69) is 6.92 Å². The van der Waals surface area contributed by atoms with Gasteiger partial charge in [0.25, 0.3) is 0 Å². The van der Waals surface area contributed by atoms with Crippen LogP contribution in [-0.2, 0) is 22.9 Å². The Labute approximate surface area is 204 Å². The van der Waals surface area contributed by atoms with Gasteiger partial charge in [0.15, 0.2) is 11.5 Å². The minimum absolute atomic E-state index is 0.279. The topological polar surface area (TPSA) is 101 Å². The molecule has 0 aliphatic heterocycles.